The molecule has 0 aliphatic carbocycles. The fourth-order valence-corrected chi connectivity index (χ4v) is 4.61. The number of rotatable bonds is 7. The lowest BCUT2D eigenvalue weighted by Crippen LogP contribution is -2.33. The van der Waals surface area contributed by atoms with Crippen LogP contribution in [0.15, 0.2) is 35.4 Å². The van der Waals surface area contributed by atoms with E-state index in [1.807, 2.05) is 49.2 Å². The molecule has 2 atom stereocenters. The lowest BCUT2D eigenvalue weighted by atomic mass is 10.0. The number of hydrogen-bond donors (Lipinski definition) is 1. The van der Waals surface area contributed by atoms with Crippen LogP contribution >= 0.6 is 11.8 Å². The minimum Gasteiger partial charge on any atom is -0.379 e. The van der Waals surface area contributed by atoms with E-state index >= 15 is 0 Å². The number of nitrogens with two attached hydrogens (primary N) is 1. The van der Waals surface area contributed by atoms with Crippen molar-refractivity contribution in [1.29, 1.82) is 10.5 Å². The first-order valence-corrected chi connectivity index (χ1v) is 10.6. The number of ether oxygens (including phenoxy) is 1. The van der Waals surface area contributed by atoms with E-state index < -0.39 is 11.2 Å². The van der Waals surface area contributed by atoms with E-state index in [0.29, 0.717) is 47.2 Å². The Balaban J connectivity index is 2.13. The minimum atomic E-state index is -0.698. The van der Waals surface area contributed by atoms with E-state index in [2.05, 4.69) is 12.1 Å². The third-order valence-corrected chi connectivity index (χ3v) is 6.46. The van der Waals surface area contributed by atoms with Crippen LogP contribution in [0.4, 0.5) is 5.82 Å². The van der Waals surface area contributed by atoms with Gasteiger partial charge in [0, 0.05) is 13.7 Å². The molecule has 0 spiro atoms. The number of amides is 1. The summed E-state index contributed by atoms with van der Waals surface area (Å²) < 4.78 is 5.49. The minimum absolute atomic E-state index is 0.0983. The van der Waals surface area contributed by atoms with Gasteiger partial charge in [-0.15, -0.1) is 0 Å². The maximum atomic E-state index is 12.2. The van der Waals surface area contributed by atoms with Crippen LogP contribution in [-0.4, -0.2) is 37.2 Å². The maximum Gasteiger partial charge on any atom is 0.235 e. The third kappa shape index (κ3) is 4.25. The number of thioether (sulfide) groups is 1. The number of carbonyl (C=O) groups is 1. The van der Waals surface area contributed by atoms with Gasteiger partial charge < -0.3 is 15.4 Å². The summed E-state index contributed by atoms with van der Waals surface area (Å²) in [5, 5.41) is 19.4. The molecule has 7 nitrogen and oxygen atoms in total. The molecule has 3 rings (SSSR count). The summed E-state index contributed by atoms with van der Waals surface area (Å²) in [6.07, 6.45) is 1.33. The summed E-state index contributed by atoms with van der Waals surface area (Å²) in [7, 11) is 1.88. The number of anilines is 1. The van der Waals surface area contributed by atoms with Gasteiger partial charge in [0.25, 0.3) is 0 Å². The molecule has 2 heterocycles. The Morgan fingerprint density at radius 3 is 2.57 bits per heavy atom. The van der Waals surface area contributed by atoms with E-state index in [4.69, 9.17) is 15.5 Å². The van der Waals surface area contributed by atoms with Gasteiger partial charge in [-0.3, -0.25) is 4.79 Å². The second-order valence-electron chi connectivity index (χ2n) is 6.99. The predicted molar refractivity (Wildman–Crippen MR) is 115 cm³/mol. The Morgan fingerprint density at radius 1 is 1.33 bits per heavy atom. The highest BCUT2D eigenvalue weighted by Gasteiger charge is 2.29. The summed E-state index contributed by atoms with van der Waals surface area (Å²) in [4.78, 5) is 18.9. The summed E-state index contributed by atoms with van der Waals surface area (Å²) in [5.41, 5.74) is 7.77. The highest BCUT2D eigenvalue weighted by molar-refractivity contribution is 8.00. The average molecular weight is 422 g/mol. The molecule has 1 fully saturated rings. The topological polar surface area (TPSA) is 116 Å². The smallest absolute Gasteiger partial charge is 0.235 e. The van der Waals surface area contributed by atoms with Crippen molar-refractivity contribution in [2.75, 3.05) is 25.2 Å². The zero-order chi connectivity index (χ0) is 21.7. The molecule has 1 aromatic heterocycles. The molecule has 0 unspecified atom stereocenters. The zero-order valence-corrected chi connectivity index (χ0v) is 17.8. The normalized spacial score (nSPS) is 16.5. The van der Waals surface area contributed by atoms with Gasteiger partial charge in [0.1, 0.15) is 28.2 Å². The molecule has 8 heteroatoms. The van der Waals surface area contributed by atoms with E-state index in [1.165, 1.54) is 0 Å². The van der Waals surface area contributed by atoms with Crippen molar-refractivity contribution < 1.29 is 9.53 Å². The van der Waals surface area contributed by atoms with E-state index in [0.717, 1.165) is 23.7 Å². The molecular formula is C22H23N5O2S. The molecule has 1 saturated heterocycles. The Kier molecular flexibility index (Phi) is 6.94. The highest BCUT2D eigenvalue weighted by Crippen LogP contribution is 2.39. The molecule has 1 aliphatic heterocycles. The third-order valence-electron chi connectivity index (χ3n) is 5.20. The fraction of sp³-hybridized carbons (Fsp3) is 0.364. The first-order chi connectivity index (χ1) is 14.5. The number of primary amides is 1. The van der Waals surface area contributed by atoms with Crippen molar-refractivity contribution in [3.05, 3.63) is 52.6 Å². The second kappa shape index (κ2) is 9.62. The van der Waals surface area contributed by atoms with Crippen LogP contribution in [0.25, 0.3) is 0 Å². The number of nitriles is 2. The second-order valence-corrected chi connectivity index (χ2v) is 8.08. The largest absolute Gasteiger partial charge is 0.379 e. The number of likely N-dealkylation sites (N-methyl/N-ethyl adjacent to an activating group) is 1. The predicted octanol–water partition coefficient (Wildman–Crippen LogP) is 2.93. The van der Waals surface area contributed by atoms with Crippen LogP contribution in [0.3, 0.4) is 0 Å². The van der Waals surface area contributed by atoms with E-state index in [9.17, 15) is 15.3 Å². The molecule has 30 heavy (non-hydrogen) atoms. The molecule has 2 N–H and O–H groups in total. The van der Waals surface area contributed by atoms with Crippen molar-refractivity contribution in [3.63, 3.8) is 0 Å². The molecule has 0 radical (unpaired) electrons. The van der Waals surface area contributed by atoms with Crippen molar-refractivity contribution in [2.24, 2.45) is 5.73 Å². The molecule has 154 valence electrons. The number of hydrogen-bond acceptors (Lipinski definition) is 7. The number of pyridine rings is 1. The monoisotopic (exact) mass is 421 g/mol. The van der Waals surface area contributed by atoms with Gasteiger partial charge >= 0.3 is 0 Å². The van der Waals surface area contributed by atoms with E-state index in [1.54, 1.807) is 0 Å². The SMILES string of the molecule is CCc1c(C#N)c(S[C@H](C(N)=O)c2ccccc2)nc(N(C)[C@@H]2CCOC2)c1C#N. The van der Waals surface area contributed by atoms with Crippen LogP contribution in [0.2, 0.25) is 0 Å². The van der Waals surface area contributed by atoms with Gasteiger partial charge in [-0.05, 0) is 24.0 Å². The van der Waals surface area contributed by atoms with Gasteiger partial charge in [-0.2, -0.15) is 10.5 Å². The standard InChI is InChI=1S/C22H23N5O2S/c1-3-16-17(11-23)21(27(2)15-9-10-29-13-15)26-22(18(16)12-24)30-19(20(25)28)14-7-5-4-6-8-14/h4-8,15,19H,3,9-10,13H2,1-2H3,(H2,25,28)/t15-,19+/m1/s1. The Morgan fingerprint density at radius 2 is 2.03 bits per heavy atom. The highest BCUT2D eigenvalue weighted by atomic mass is 32.2. The van der Waals surface area contributed by atoms with Crippen LogP contribution in [0.1, 0.15) is 40.8 Å². The van der Waals surface area contributed by atoms with Gasteiger partial charge in [0.2, 0.25) is 5.91 Å². The van der Waals surface area contributed by atoms with Crippen molar-refractivity contribution in [1.82, 2.24) is 4.98 Å². The molecule has 1 aromatic carbocycles. The number of carbonyl (C=O) groups excluding carboxylic acids is 1. The molecule has 1 amide bonds. The van der Waals surface area contributed by atoms with Crippen molar-refractivity contribution >= 4 is 23.5 Å². The Hall–Kier alpha value is -3.07. The first-order valence-electron chi connectivity index (χ1n) is 9.70. The van der Waals surface area contributed by atoms with Crippen molar-refractivity contribution in [2.45, 2.75) is 36.1 Å². The first kappa shape index (κ1) is 21.6. The lowest BCUT2D eigenvalue weighted by molar-refractivity contribution is -0.117. The van der Waals surface area contributed by atoms with Crippen molar-refractivity contribution in [3.8, 4) is 12.1 Å². The molecular weight excluding hydrogens is 398 g/mol. The van der Waals surface area contributed by atoms with Crippen LogP contribution in [0, 0.1) is 22.7 Å². The van der Waals surface area contributed by atoms with Gasteiger partial charge in [-0.25, -0.2) is 4.98 Å². The number of benzene rings is 1. The Bertz CT molecular complexity index is 1010. The average Bonchev–Trinajstić information content (AvgIpc) is 3.31. The van der Waals surface area contributed by atoms with Gasteiger partial charge in [-0.1, -0.05) is 49.0 Å². The molecule has 0 bridgehead atoms. The van der Waals surface area contributed by atoms with Crippen LogP contribution in [0.5, 0.6) is 0 Å². The zero-order valence-electron chi connectivity index (χ0n) is 17.0. The summed E-state index contributed by atoms with van der Waals surface area (Å²) in [5.74, 6) is -0.0129. The van der Waals surface area contributed by atoms with Crippen LogP contribution in [-0.2, 0) is 16.0 Å². The summed E-state index contributed by atoms with van der Waals surface area (Å²) in [6.45, 7) is 3.12. The number of aromatic nitrogens is 1. The fourth-order valence-electron chi connectivity index (χ4n) is 3.55. The molecule has 2 aromatic rings. The number of nitrogens with zero attached hydrogens (tertiary/aromatic N) is 4. The quantitative estimate of drug-likeness (QED) is 0.683. The lowest BCUT2D eigenvalue weighted by Gasteiger charge is -2.27. The molecule has 0 saturated carbocycles. The molecule has 1 aliphatic rings. The van der Waals surface area contributed by atoms with Crippen LogP contribution < -0.4 is 10.6 Å². The van der Waals surface area contributed by atoms with Gasteiger partial charge in [0.05, 0.1) is 23.8 Å². The maximum absolute atomic E-state index is 12.2. The van der Waals surface area contributed by atoms with E-state index in [-0.39, 0.29) is 6.04 Å². The summed E-state index contributed by atoms with van der Waals surface area (Å²) in [6, 6.07) is 13.7. The Labute approximate surface area is 180 Å². The summed E-state index contributed by atoms with van der Waals surface area (Å²) >= 11 is 1.15. The van der Waals surface area contributed by atoms with Gasteiger partial charge in [0.15, 0.2) is 0 Å².